The summed E-state index contributed by atoms with van der Waals surface area (Å²) in [7, 11) is 1.66. The van der Waals surface area contributed by atoms with Gasteiger partial charge in [0, 0.05) is 26.8 Å². The molecule has 1 fully saturated rings. The zero-order valence-corrected chi connectivity index (χ0v) is 14.9. The summed E-state index contributed by atoms with van der Waals surface area (Å²) in [6.07, 6.45) is 0.777. The summed E-state index contributed by atoms with van der Waals surface area (Å²) >= 11 is 0. The van der Waals surface area contributed by atoms with Gasteiger partial charge in [0.15, 0.2) is 5.75 Å². The predicted molar refractivity (Wildman–Crippen MR) is 99.8 cm³/mol. The number of amides is 2. The topological polar surface area (TPSA) is 60.0 Å². The van der Waals surface area contributed by atoms with Crippen molar-refractivity contribution in [2.75, 3.05) is 38.7 Å². The van der Waals surface area contributed by atoms with Crippen LogP contribution in [0.4, 0.5) is 10.5 Å². The first-order valence-corrected chi connectivity index (χ1v) is 8.74. The van der Waals surface area contributed by atoms with Crippen molar-refractivity contribution in [1.82, 2.24) is 4.90 Å². The lowest BCUT2D eigenvalue weighted by molar-refractivity contribution is -0.0260. The maximum Gasteiger partial charge on any atom is 0.322 e. The second-order valence-electron chi connectivity index (χ2n) is 6.06. The van der Waals surface area contributed by atoms with E-state index in [4.69, 9.17) is 14.2 Å². The Hall–Kier alpha value is -2.57. The van der Waals surface area contributed by atoms with Crippen LogP contribution in [0, 0.1) is 0 Å². The number of para-hydroxylation sites is 3. The number of urea groups is 1. The molecule has 1 heterocycles. The first kappa shape index (κ1) is 18.2. The lowest BCUT2D eigenvalue weighted by Crippen LogP contribution is -2.47. The number of nitrogens with one attached hydrogen (secondary N) is 1. The van der Waals surface area contributed by atoms with Crippen LogP contribution in [-0.4, -0.2) is 50.4 Å². The van der Waals surface area contributed by atoms with E-state index >= 15 is 0 Å². The number of carbonyl (C=O) groups is 1. The number of methoxy groups -OCH3 is 1. The highest BCUT2D eigenvalue weighted by atomic mass is 16.5. The lowest BCUT2D eigenvalue weighted by Gasteiger charge is -2.33. The summed E-state index contributed by atoms with van der Waals surface area (Å²) in [5.74, 6) is 1.33. The largest absolute Gasteiger partial charge is 0.455 e. The fourth-order valence-electron chi connectivity index (χ4n) is 2.80. The van der Waals surface area contributed by atoms with Crippen LogP contribution < -0.4 is 10.1 Å². The molecule has 0 spiro atoms. The molecule has 0 bridgehead atoms. The van der Waals surface area contributed by atoms with E-state index < -0.39 is 0 Å². The number of rotatable bonds is 6. The van der Waals surface area contributed by atoms with Crippen LogP contribution in [0.1, 0.15) is 6.42 Å². The normalized spacial score (nSPS) is 17.0. The van der Waals surface area contributed by atoms with Gasteiger partial charge in [-0.25, -0.2) is 4.79 Å². The minimum atomic E-state index is -0.153. The SMILES string of the molecule is COCC[C@@H]1CN(C(=O)Nc2ccccc2Oc2ccccc2)CCO1. The fourth-order valence-corrected chi connectivity index (χ4v) is 2.80. The molecule has 26 heavy (non-hydrogen) atoms. The predicted octanol–water partition coefficient (Wildman–Crippen LogP) is 3.75. The van der Waals surface area contributed by atoms with Gasteiger partial charge in [-0.15, -0.1) is 0 Å². The van der Waals surface area contributed by atoms with Gasteiger partial charge in [-0.2, -0.15) is 0 Å². The molecular weight excluding hydrogens is 332 g/mol. The highest BCUT2D eigenvalue weighted by Crippen LogP contribution is 2.29. The second kappa shape index (κ2) is 9.22. The molecule has 6 heteroatoms. The number of benzene rings is 2. The first-order valence-electron chi connectivity index (χ1n) is 8.74. The number of hydrogen-bond donors (Lipinski definition) is 1. The molecule has 138 valence electrons. The van der Waals surface area contributed by atoms with Crippen molar-refractivity contribution in [1.29, 1.82) is 0 Å². The Morgan fingerprint density at radius 3 is 2.77 bits per heavy atom. The van der Waals surface area contributed by atoms with Crippen molar-refractivity contribution in [2.24, 2.45) is 0 Å². The first-order chi connectivity index (χ1) is 12.8. The smallest absolute Gasteiger partial charge is 0.322 e. The number of ether oxygens (including phenoxy) is 3. The molecule has 0 aliphatic carbocycles. The van der Waals surface area contributed by atoms with Crippen LogP contribution in [0.5, 0.6) is 11.5 Å². The van der Waals surface area contributed by atoms with Crippen LogP contribution in [-0.2, 0) is 9.47 Å². The number of hydrogen-bond acceptors (Lipinski definition) is 4. The number of anilines is 1. The molecule has 1 atom stereocenters. The molecule has 0 radical (unpaired) electrons. The Bertz CT molecular complexity index is 708. The average molecular weight is 356 g/mol. The minimum Gasteiger partial charge on any atom is -0.455 e. The molecule has 2 amide bonds. The van der Waals surface area contributed by atoms with E-state index in [0.29, 0.717) is 37.7 Å². The van der Waals surface area contributed by atoms with E-state index in [-0.39, 0.29) is 12.1 Å². The molecule has 1 saturated heterocycles. The quantitative estimate of drug-likeness (QED) is 0.856. The van der Waals surface area contributed by atoms with Gasteiger partial charge < -0.3 is 24.4 Å². The van der Waals surface area contributed by atoms with E-state index in [1.54, 1.807) is 12.0 Å². The second-order valence-corrected chi connectivity index (χ2v) is 6.06. The Kier molecular flexibility index (Phi) is 6.46. The van der Waals surface area contributed by atoms with Gasteiger partial charge in [-0.05, 0) is 30.7 Å². The van der Waals surface area contributed by atoms with Crippen LogP contribution in [0.3, 0.4) is 0 Å². The van der Waals surface area contributed by atoms with Gasteiger partial charge in [-0.3, -0.25) is 0 Å². The van der Waals surface area contributed by atoms with Gasteiger partial charge in [0.2, 0.25) is 0 Å². The Morgan fingerprint density at radius 2 is 1.96 bits per heavy atom. The van der Waals surface area contributed by atoms with Crippen molar-refractivity contribution >= 4 is 11.7 Å². The van der Waals surface area contributed by atoms with Crippen molar-refractivity contribution in [3.8, 4) is 11.5 Å². The van der Waals surface area contributed by atoms with Crippen molar-refractivity contribution in [3.63, 3.8) is 0 Å². The standard InChI is InChI=1S/C20H24N2O4/c1-24-13-11-17-15-22(12-14-25-17)20(23)21-18-9-5-6-10-19(18)26-16-7-3-2-4-8-16/h2-10,17H,11-15H2,1H3,(H,21,23)/t17-/m1/s1. The summed E-state index contributed by atoms with van der Waals surface area (Å²) in [6.45, 7) is 2.27. The Labute approximate surface area is 153 Å². The summed E-state index contributed by atoms with van der Waals surface area (Å²) in [4.78, 5) is 14.4. The van der Waals surface area contributed by atoms with E-state index in [9.17, 15) is 4.79 Å². The van der Waals surface area contributed by atoms with Crippen molar-refractivity contribution in [2.45, 2.75) is 12.5 Å². The molecule has 1 N–H and O–H groups in total. The monoisotopic (exact) mass is 356 g/mol. The minimum absolute atomic E-state index is 0.00487. The molecule has 6 nitrogen and oxygen atoms in total. The Morgan fingerprint density at radius 1 is 1.19 bits per heavy atom. The third kappa shape index (κ3) is 4.97. The van der Waals surface area contributed by atoms with Crippen LogP contribution in [0.15, 0.2) is 54.6 Å². The van der Waals surface area contributed by atoms with Gasteiger partial charge in [0.1, 0.15) is 5.75 Å². The van der Waals surface area contributed by atoms with Crippen molar-refractivity contribution < 1.29 is 19.0 Å². The zero-order chi connectivity index (χ0) is 18.2. The van der Waals surface area contributed by atoms with E-state index in [0.717, 1.165) is 12.2 Å². The number of nitrogens with zero attached hydrogens (tertiary/aromatic N) is 1. The van der Waals surface area contributed by atoms with Gasteiger partial charge in [0.05, 0.1) is 18.4 Å². The Balaban J connectivity index is 1.64. The van der Waals surface area contributed by atoms with Crippen molar-refractivity contribution in [3.05, 3.63) is 54.6 Å². The summed E-state index contributed by atoms with van der Waals surface area (Å²) in [5, 5.41) is 2.95. The molecular formula is C20H24N2O4. The van der Waals surface area contributed by atoms with E-state index in [2.05, 4.69) is 5.32 Å². The summed E-state index contributed by atoms with van der Waals surface area (Å²) in [6, 6.07) is 16.8. The van der Waals surface area contributed by atoms with Gasteiger partial charge >= 0.3 is 6.03 Å². The highest BCUT2D eigenvalue weighted by molar-refractivity contribution is 5.91. The third-order valence-electron chi connectivity index (χ3n) is 4.17. The third-order valence-corrected chi connectivity index (χ3v) is 4.17. The fraction of sp³-hybridized carbons (Fsp3) is 0.350. The molecule has 3 rings (SSSR count). The van der Waals surface area contributed by atoms with Gasteiger partial charge in [-0.1, -0.05) is 30.3 Å². The summed E-state index contributed by atoms with van der Waals surface area (Å²) in [5.41, 5.74) is 0.640. The molecule has 1 aliphatic heterocycles. The van der Waals surface area contributed by atoms with E-state index in [1.165, 1.54) is 0 Å². The van der Waals surface area contributed by atoms with Crippen LogP contribution >= 0.6 is 0 Å². The molecule has 0 aromatic heterocycles. The summed E-state index contributed by atoms with van der Waals surface area (Å²) < 4.78 is 16.7. The molecule has 0 unspecified atom stereocenters. The lowest BCUT2D eigenvalue weighted by atomic mass is 10.2. The maximum absolute atomic E-state index is 12.7. The maximum atomic E-state index is 12.7. The molecule has 2 aromatic carbocycles. The van der Waals surface area contributed by atoms with Crippen LogP contribution in [0.2, 0.25) is 0 Å². The molecule has 2 aromatic rings. The zero-order valence-electron chi connectivity index (χ0n) is 14.9. The molecule has 0 saturated carbocycles. The highest BCUT2D eigenvalue weighted by Gasteiger charge is 2.24. The number of carbonyl (C=O) groups excluding carboxylic acids is 1. The van der Waals surface area contributed by atoms with Crippen LogP contribution in [0.25, 0.3) is 0 Å². The average Bonchev–Trinajstić information content (AvgIpc) is 2.69. The molecule has 1 aliphatic rings. The number of morpholine rings is 1. The van der Waals surface area contributed by atoms with E-state index in [1.807, 2.05) is 54.6 Å². The van der Waals surface area contributed by atoms with Gasteiger partial charge in [0.25, 0.3) is 0 Å².